The van der Waals surface area contributed by atoms with Crippen LogP contribution in [0.15, 0.2) is 42.5 Å². The Bertz CT molecular complexity index is 1310. The van der Waals surface area contributed by atoms with Crippen LogP contribution < -0.4 is 4.74 Å². The molecule has 1 aromatic rings. The van der Waals surface area contributed by atoms with E-state index in [1.54, 1.807) is 0 Å². The van der Waals surface area contributed by atoms with Gasteiger partial charge in [0.1, 0.15) is 5.75 Å². The first-order valence-electron chi connectivity index (χ1n) is 16.1. The van der Waals surface area contributed by atoms with Gasteiger partial charge in [-0.2, -0.15) is 0 Å². The molecule has 4 saturated carbocycles. The van der Waals surface area contributed by atoms with Gasteiger partial charge in [0.2, 0.25) is 0 Å². The highest BCUT2D eigenvalue weighted by molar-refractivity contribution is 5.76. The van der Waals surface area contributed by atoms with E-state index in [1.165, 1.54) is 30.4 Å². The zero-order chi connectivity index (χ0) is 29.6. The van der Waals surface area contributed by atoms with Crippen molar-refractivity contribution in [2.75, 3.05) is 0 Å². The number of allylic oxidation sites excluding steroid dienone is 3. The lowest BCUT2D eigenvalue weighted by Gasteiger charge is -2.72. The van der Waals surface area contributed by atoms with Gasteiger partial charge in [0.05, 0.1) is 5.41 Å². The number of carboxylic acids is 1. The summed E-state index contributed by atoms with van der Waals surface area (Å²) >= 11 is 0. The summed E-state index contributed by atoms with van der Waals surface area (Å²) < 4.78 is 5.20. The van der Waals surface area contributed by atoms with Crippen LogP contribution in [0.1, 0.15) is 105 Å². The van der Waals surface area contributed by atoms with Crippen LogP contribution in [0.5, 0.6) is 5.75 Å². The fourth-order valence-corrected chi connectivity index (χ4v) is 12.4. The maximum atomic E-state index is 12.9. The van der Waals surface area contributed by atoms with Crippen molar-refractivity contribution in [3.05, 3.63) is 48.1 Å². The SMILES string of the molecule is C=C(C)[C@@H]1CC[C@]2(C(=O)O)CC[C@]3(C)[C@H](CC[C@@H]4[C@@]5(C)CC=C(c6cccc(OC=O)c6)C(C)(C)[C@@H]5CC[C@]43C)[C@@H]12. The van der Waals surface area contributed by atoms with E-state index in [1.807, 2.05) is 18.2 Å². The largest absolute Gasteiger partial charge is 0.481 e. The van der Waals surface area contributed by atoms with Gasteiger partial charge in [-0.3, -0.25) is 9.59 Å². The van der Waals surface area contributed by atoms with E-state index in [2.05, 4.69) is 60.3 Å². The fraction of sp³-hybridized carbons (Fsp3) is 0.676. The van der Waals surface area contributed by atoms with Crippen LogP contribution >= 0.6 is 0 Å². The Balaban J connectivity index is 1.38. The molecule has 0 bridgehead atoms. The zero-order valence-electron chi connectivity index (χ0n) is 26.1. The van der Waals surface area contributed by atoms with Crippen molar-refractivity contribution in [3.63, 3.8) is 0 Å². The Morgan fingerprint density at radius 2 is 1.73 bits per heavy atom. The summed E-state index contributed by atoms with van der Waals surface area (Å²) in [5, 5.41) is 10.6. The fourth-order valence-electron chi connectivity index (χ4n) is 12.4. The summed E-state index contributed by atoms with van der Waals surface area (Å²) in [5.41, 5.74) is 3.67. The van der Waals surface area contributed by atoms with Gasteiger partial charge < -0.3 is 9.84 Å². The molecule has 0 aromatic heterocycles. The number of rotatable bonds is 5. The summed E-state index contributed by atoms with van der Waals surface area (Å²) in [6.45, 7) is 19.7. The van der Waals surface area contributed by atoms with E-state index in [0.717, 1.165) is 44.1 Å². The molecule has 6 rings (SSSR count). The van der Waals surface area contributed by atoms with Gasteiger partial charge in [0.25, 0.3) is 6.47 Å². The van der Waals surface area contributed by atoms with Crippen LogP contribution in [0.3, 0.4) is 0 Å². The molecular weight excluding hydrogens is 508 g/mol. The van der Waals surface area contributed by atoms with Crippen molar-refractivity contribution >= 4 is 18.0 Å². The van der Waals surface area contributed by atoms with Gasteiger partial charge in [-0.1, -0.05) is 65.0 Å². The van der Waals surface area contributed by atoms with Gasteiger partial charge in [-0.05, 0) is 139 Å². The monoisotopic (exact) mass is 558 g/mol. The topological polar surface area (TPSA) is 63.6 Å². The van der Waals surface area contributed by atoms with Crippen molar-refractivity contribution in [1.29, 1.82) is 0 Å². The van der Waals surface area contributed by atoms with Gasteiger partial charge in [-0.15, -0.1) is 0 Å². The highest BCUT2D eigenvalue weighted by Gasteiger charge is 2.71. The standard InChI is InChI=1S/C37H50O4/c1-23(2)26-13-18-37(32(39)40)20-19-35(6)28(31(26)37)11-12-30-34(5)16-14-27(24-9-8-10-25(21-24)41-22-38)33(3,4)29(34)15-17-36(30,35)7/h8-10,14,21-22,26,28-31H,1,11-13,15-20H2,2-7H3,(H,39,40)/t26-,28+,29-,30+,31+,34-,35+,36+,37-/m0/s1. The third-order valence-corrected chi connectivity index (χ3v) is 14.4. The minimum atomic E-state index is -0.565. The number of carbonyl (C=O) groups is 2. The number of carboxylic acid groups (broad SMARTS) is 1. The second-order valence-electron chi connectivity index (χ2n) is 15.9. The van der Waals surface area contributed by atoms with Gasteiger partial charge in [0, 0.05) is 0 Å². The zero-order valence-corrected chi connectivity index (χ0v) is 26.1. The third kappa shape index (κ3) is 3.70. The highest BCUT2D eigenvalue weighted by Crippen LogP contribution is 2.77. The van der Waals surface area contributed by atoms with Crippen molar-refractivity contribution in [2.24, 2.45) is 56.7 Å². The molecule has 41 heavy (non-hydrogen) atoms. The average Bonchev–Trinajstić information content (AvgIpc) is 3.31. The highest BCUT2D eigenvalue weighted by atomic mass is 16.5. The van der Waals surface area contributed by atoms with Crippen LogP contribution in [0.4, 0.5) is 0 Å². The van der Waals surface area contributed by atoms with Crippen molar-refractivity contribution < 1.29 is 19.4 Å². The molecule has 4 fully saturated rings. The number of carbonyl (C=O) groups excluding carboxylic acids is 1. The molecule has 0 radical (unpaired) electrons. The number of hydrogen-bond acceptors (Lipinski definition) is 3. The molecule has 0 aliphatic heterocycles. The second kappa shape index (κ2) is 9.32. The summed E-state index contributed by atoms with van der Waals surface area (Å²) in [6.07, 6.45) is 12.0. The number of hydrogen-bond donors (Lipinski definition) is 1. The molecule has 1 aromatic carbocycles. The number of aliphatic carboxylic acids is 1. The molecule has 0 unspecified atom stereocenters. The van der Waals surface area contributed by atoms with Gasteiger partial charge in [-0.25, -0.2) is 0 Å². The molecule has 222 valence electrons. The number of fused-ring (bicyclic) bond motifs is 7. The number of benzene rings is 1. The molecule has 0 heterocycles. The van der Waals surface area contributed by atoms with Crippen molar-refractivity contribution in [2.45, 2.75) is 99.3 Å². The molecular formula is C37H50O4. The van der Waals surface area contributed by atoms with Gasteiger partial charge >= 0.3 is 5.97 Å². The normalized spacial score (nSPS) is 44.3. The lowest BCUT2D eigenvalue weighted by Crippen LogP contribution is -2.65. The molecule has 4 heteroatoms. The van der Waals surface area contributed by atoms with E-state index >= 15 is 0 Å². The Morgan fingerprint density at radius 1 is 0.976 bits per heavy atom. The van der Waals surface area contributed by atoms with Crippen molar-refractivity contribution in [1.82, 2.24) is 0 Å². The summed E-state index contributed by atoms with van der Waals surface area (Å²) in [6, 6.07) is 8.00. The summed E-state index contributed by atoms with van der Waals surface area (Å²) in [7, 11) is 0. The molecule has 9 atom stereocenters. The van der Waals surface area contributed by atoms with Crippen molar-refractivity contribution in [3.8, 4) is 5.75 Å². The lowest BCUT2D eigenvalue weighted by atomic mass is 9.32. The van der Waals surface area contributed by atoms with Crippen LogP contribution in [0, 0.1) is 56.7 Å². The van der Waals surface area contributed by atoms with E-state index in [-0.39, 0.29) is 27.6 Å². The van der Waals surface area contributed by atoms with Crippen LogP contribution in [-0.2, 0) is 9.59 Å². The molecule has 0 amide bonds. The minimum absolute atomic E-state index is 0.00654. The predicted octanol–water partition coefficient (Wildman–Crippen LogP) is 8.96. The second-order valence-corrected chi connectivity index (χ2v) is 15.9. The Hall–Kier alpha value is -2.36. The molecule has 4 nitrogen and oxygen atoms in total. The quantitative estimate of drug-likeness (QED) is 0.289. The maximum absolute atomic E-state index is 12.9. The molecule has 0 spiro atoms. The average molecular weight is 559 g/mol. The summed E-state index contributed by atoms with van der Waals surface area (Å²) in [5.74, 6) is 2.21. The maximum Gasteiger partial charge on any atom is 0.309 e. The van der Waals surface area contributed by atoms with Gasteiger partial charge in [0.15, 0.2) is 0 Å². The van der Waals surface area contributed by atoms with E-state index in [9.17, 15) is 14.7 Å². The molecule has 0 saturated heterocycles. The Labute approximate surface area is 247 Å². The summed E-state index contributed by atoms with van der Waals surface area (Å²) in [4.78, 5) is 23.9. The first-order chi connectivity index (χ1) is 19.3. The third-order valence-electron chi connectivity index (χ3n) is 14.4. The molecule has 5 aliphatic carbocycles. The first kappa shape index (κ1) is 28.7. The predicted molar refractivity (Wildman–Crippen MR) is 163 cm³/mol. The van der Waals surface area contributed by atoms with Crippen LogP contribution in [-0.4, -0.2) is 17.5 Å². The first-order valence-corrected chi connectivity index (χ1v) is 16.1. The lowest BCUT2D eigenvalue weighted by molar-refractivity contribution is -0.227. The Morgan fingerprint density at radius 3 is 2.41 bits per heavy atom. The van der Waals surface area contributed by atoms with Crippen LogP contribution in [0.25, 0.3) is 5.57 Å². The Kier molecular flexibility index (Phi) is 6.53. The van der Waals surface area contributed by atoms with E-state index in [0.29, 0.717) is 35.9 Å². The van der Waals surface area contributed by atoms with E-state index < -0.39 is 11.4 Å². The number of ether oxygens (including phenoxy) is 1. The van der Waals surface area contributed by atoms with E-state index in [4.69, 9.17) is 4.74 Å². The van der Waals surface area contributed by atoms with Crippen LogP contribution in [0.2, 0.25) is 0 Å². The minimum Gasteiger partial charge on any atom is -0.481 e. The molecule has 1 N–H and O–H groups in total. The molecule has 5 aliphatic rings. The smallest absolute Gasteiger partial charge is 0.309 e.